The molecule has 7 nitrogen and oxygen atoms in total. The first-order chi connectivity index (χ1) is 14.4. The average molecular weight is 414 g/mol. The summed E-state index contributed by atoms with van der Waals surface area (Å²) >= 11 is 0. The lowest BCUT2D eigenvalue weighted by Crippen LogP contribution is -2.41. The number of likely N-dealkylation sites (tertiary alicyclic amines) is 1. The van der Waals surface area contributed by atoms with Crippen LogP contribution in [0.4, 0.5) is 0 Å². The van der Waals surface area contributed by atoms with Crippen molar-refractivity contribution in [2.75, 3.05) is 26.3 Å². The van der Waals surface area contributed by atoms with Crippen molar-refractivity contribution in [1.82, 2.24) is 10.2 Å². The molecule has 1 saturated heterocycles. The summed E-state index contributed by atoms with van der Waals surface area (Å²) in [6, 6.07) is 7.80. The van der Waals surface area contributed by atoms with E-state index in [0.29, 0.717) is 39.1 Å². The van der Waals surface area contributed by atoms with E-state index in [1.165, 1.54) is 6.20 Å². The van der Waals surface area contributed by atoms with Gasteiger partial charge in [-0.15, -0.1) is 0 Å². The normalized spacial score (nSPS) is 15.8. The van der Waals surface area contributed by atoms with E-state index >= 15 is 0 Å². The van der Waals surface area contributed by atoms with Crippen molar-refractivity contribution < 1.29 is 19.1 Å². The van der Waals surface area contributed by atoms with Crippen molar-refractivity contribution in [2.45, 2.75) is 46.6 Å². The van der Waals surface area contributed by atoms with E-state index in [1.807, 2.05) is 45.0 Å². The Morgan fingerprint density at radius 3 is 2.60 bits per heavy atom. The number of amides is 1. The molecule has 0 radical (unpaired) electrons. The van der Waals surface area contributed by atoms with E-state index in [4.69, 9.17) is 9.47 Å². The molecule has 1 aromatic carbocycles. The summed E-state index contributed by atoms with van der Waals surface area (Å²) < 4.78 is 10.8. The fraction of sp³-hybridized carbons (Fsp3) is 0.522. The van der Waals surface area contributed by atoms with E-state index in [0.717, 1.165) is 16.9 Å². The van der Waals surface area contributed by atoms with Crippen molar-refractivity contribution in [2.24, 2.45) is 5.92 Å². The van der Waals surface area contributed by atoms with Crippen molar-refractivity contribution >= 4 is 11.9 Å². The van der Waals surface area contributed by atoms with E-state index in [1.54, 1.807) is 11.8 Å². The van der Waals surface area contributed by atoms with Gasteiger partial charge in [0, 0.05) is 24.9 Å². The number of carbonyl (C=O) groups excluding carboxylic acids is 2. The first-order valence-electron chi connectivity index (χ1n) is 10.5. The Balaban J connectivity index is 2.02. The molecule has 1 heterocycles. The Morgan fingerprint density at radius 1 is 1.30 bits per heavy atom. The van der Waals surface area contributed by atoms with E-state index in [-0.39, 0.29) is 29.4 Å². The summed E-state index contributed by atoms with van der Waals surface area (Å²) in [5.41, 5.74) is 2.11. The Labute approximate surface area is 178 Å². The van der Waals surface area contributed by atoms with Crippen LogP contribution in [0.5, 0.6) is 5.75 Å². The molecule has 1 fully saturated rings. The monoisotopic (exact) mass is 413 g/mol. The number of carbonyl (C=O) groups is 2. The summed E-state index contributed by atoms with van der Waals surface area (Å²) in [6.07, 6.45) is 2.57. The third-order valence-electron chi connectivity index (χ3n) is 5.16. The topological polar surface area (TPSA) is 91.7 Å². The van der Waals surface area contributed by atoms with Gasteiger partial charge in [0.15, 0.2) is 0 Å². The number of piperidine rings is 1. The number of aryl methyl sites for hydroxylation is 1. The third kappa shape index (κ3) is 5.99. The number of ether oxygens (including phenoxy) is 2. The molecule has 1 N–H and O–H groups in total. The molecule has 7 heteroatoms. The van der Waals surface area contributed by atoms with Crippen molar-refractivity contribution in [3.8, 4) is 11.8 Å². The lowest BCUT2D eigenvalue weighted by Gasteiger charge is -2.30. The quantitative estimate of drug-likeness (QED) is 0.400. The Morgan fingerprint density at radius 2 is 2.00 bits per heavy atom. The molecule has 1 unspecified atom stereocenters. The highest BCUT2D eigenvalue weighted by atomic mass is 16.5. The molecule has 1 aliphatic rings. The van der Waals surface area contributed by atoms with Crippen LogP contribution >= 0.6 is 0 Å². The summed E-state index contributed by atoms with van der Waals surface area (Å²) in [5, 5.41) is 12.7. The van der Waals surface area contributed by atoms with Crippen LogP contribution in [0.3, 0.4) is 0 Å². The predicted octanol–water partition coefficient (Wildman–Crippen LogP) is 3.25. The van der Waals surface area contributed by atoms with Crippen molar-refractivity contribution in [3.63, 3.8) is 0 Å². The van der Waals surface area contributed by atoms with E-state index < -0.39 is 0 Å². The molecule has 162 valence electrons. The van der Waals surface area contributed by atoms with Gasteiger partial charge in [-0.1, -0.05) is 17.7 Å². The number of nitrogens with one attached hydrogen (secondary N) is 1. The second-order valence-corrected chi connectivity index (χ2v) is 7.35. The molecule has 30 heavy (non-hydrogen) atoms. The number of hydrogen-bond acceptors (Lipinski definition) is 6. The molecule has 0 aromatic heterocycles. The highest BCUT2D eigenvalue weighted by Crippen LogP contribution is 2.27. The number of nitrogens with zero attached hydrogens (tertiary/aromatic N) is 2. The number of hydrogen-bond donors (Lipinski definition) is 1. The zero-order valence-electron chi connectivity index (χ0n) is 18.2. The fourth-order valence-electron chi connectivity index (χ4n) is 3.48. The van der Waals surface area contributed by atoms with Gasteiger partial charge in [-0.3, -0.25) is 9.59 Å². The minimum atomic E-state index is -0.325. The van der Waals surface area contributed by atoms with Crippen LogP contribution < -0.4 is 10.1 Å². The molecule has 1 aromatic rings. The second kappa shape index (κ2) is 11.2. The molecule has 1 aliphatic heterocycles. The smallest absolute Gasteiger partial charge is 0.309 e. The first-order valence-corrected chi connectivity index (χ1v) is 10.5. The second-order valence-electron chi connectivity index (χ2n) is 7.35. The van der Waals surface area contributed by atoms with Gasteiger partial charge >= 0.3 is 5.97 Å². The highest BCUT2D eigenvalue weighted by molar-refractivity contribution is 5.97. The Hall–Kier alpha value is -3.01. The van der Waals surface area contributed by atoms with Gasteiger partial charge in [0.2, 0.25) is 0 Å². The molecule has 1 amide bonds. The molecular weight excluding hydrogens is 382 g/mol. The summed E-state index contributed by atoms with van der Waals surface area (Å²) in [5.74, 6) is 0.0653. The largest absolute Gasteiger partial charge is 0.494 e. The van der Waals surface area contributed by atoms with Gasteiger partial charge in [0.05, 0.1) is 25.2 Å². The van der Waals surface area contributed by atoms with Crippen LogP contribution in [-0.4, -0.2) is 43.1 Å². The van der Waals surface area contributed by atoms with E-state index in [2.05, 4.69) is 5.32 Å². The maximum absolute atomic E-state index is 12.8. The highest BCUT2D eigenvalue weighted by Gasteiger charge is 2.29. The summed E-state index contributed by atoms with van der Waals surface area (Å²) in [4.78, 5) is 26.2. The van der Waals surface area contributed by atoms with Crippen LogP contribution in [0.2, 0.25) is 0 Å². The third-order valence-corrected chi connectivity index (χ3v) is 5.16. The van der Waals surface area contributed by atoms with Gasteiger partial charge in [-0.25, -0.2) is 0 Å². The SMILES string of the molecule is CCOC(=O)C1CCN(C(=O)/C(C#N)=C\NC(C)c2cc(C)ccc2OCC)CC1. The van der Waals surface area contributed by atoms with Crippen LogP contribution in [0.1, 0.15) is 50.8 Å². The summed E-state index contributed by atoms with van der Waals surface area (Å²) in [6.45, 7) is 9.45. The van der Waals surface area contributed by atoms with Gasteiger partial charge in [-0.2, -0.15) is 5.26 Å². The minimum absolute atomic E-state index is 0.0436. The first kappa shape index (κ1) is 23.3. The molecule has 0 aliphatic carbocycles. The van der Waals surface area contributed by atoms with Gasteiger partial charge < -0.3 is 19.7 Å². The average Bonchev–Trinajstić information content (AvgIpc) is 2.75. The standard InChI is InChI=1S/C23H31N3O4/c1-5-29-21-8-7-16(3)13-20(21)17(4)25-15-19(14-24)22(27)26-11-9-18(10-12-26)23(28)30-6-2/h7-8,13,15,17-18,25H,5-6,9-12H2,1-4H3/b19-15-. The molecule has 2 rings (SSSR count). The maximum atomic E-state index is 12.8. The van der Waals surface area contributed by atoms with Crippen LogP contribution in [0, 0.1) is 24.2 Å². The molecule has 0 bridgehead atoms. The maximum Gasteiger partial charge on any atom is 0.309 e. The van der Waals surface area contributed by atoms with Crippen LogP contribution in [0.25, 0.3) is 0 Å². The van der Waals surface area contributed by atoms with Gasteiger partial charge in [-0.05, 0) is 46.6 Å². The van der Waals surface area contributed by atoms with Crippen molar-refractivity contribution in [3.05, 3.63) is 41.1 Å². The summed E-state index contributed by atoms with van der Waals surface area (Å²) in [7, 11) is 0. The van der Waals surface area contributed by atoms with Crippen LogP contribution in [-0.2, 0) is 14.3 Å². The van der Waals surface area contributed by atoms with Crippen LogP contribution in [0.15, 0.2) is 30.0 Å². The zero-order valence-corrected chi connectivity index (χ0v) is 18.2. The fourth-order valence-corrected chi connectivity index (χ4v) is 3.48. The Kier molecular flexibility index (Phi) is 8.72. The van der Waals surface area contributed by atoms with Gasteiger partial charge in [0.1, 0.15) is 17.4 Å². The number of rotatable bonds is 8. The van der Waals surface area contributed by atoms with Gasteiger partial charge in [0.25, 0.3) is 5.91 Å². The van der Waals surface area contributed by atoms with Crippen molar-refractivity contribution in [1.29, 1.82) is 5.26 Å². The van der Waals surface area contributed by atoms with E-state index in [9.17, 15) is 14.9 Å². The predicted molar refractivity (Wildman–Crippen MR) is 114 cm³/mol. The molecule has 0 saturated carbocycles. The number of benzene rings is 1. The number of esters is 1. The molecule has 1 atom stereocenters. The lowest BCUT2D eigenvalue weighted by atomic mass is 9.96. The molecular formula is C23H31N3O4. The zero-order chi connectivity index (χ0) is 22.1. The number of nitriles is 1. The molecule has 0 spiro atoms. The Bertz CT molecular complexity index is 820. The lowest BCUT2D eigenvalue weighted by molar-refractivity contribution is -0.150. The minimum Gasteiger partial charge on any atom is -0.494 e.